The fourth-order valence-corrected chi connectivity index (χ4v) is 3.14. The third kappa shape index (κ3) is 5.03. The molecular formula is C18H20ClFN4O5. The summed E-state index contributed by atoms with van der Waals surface area (Å²) in [5.74, 6) is -3.61. The SMILES string of the molecule is COCCn1cc(N2CCC(O)(OC(=O)NCc3cc(F)cc(Cl)c3)C2=O)cn1. The number of halogens is 2. The van der Waals surface area contributed by atoms with Crippen LogP contribution in [0.5, 0.6) is 0 Å². The number of aliphatic hydroxyl groups is 1. The van der Waals surface area contributed by atoms with E-state index in [0.29, 0.717) is 24.4 Å². The number of rotatable bonds is 7. The molecule has 3 rings (SSSR count). The fraction of sp³-hybridized carbons (Fsp3) is 0.389. The second-order valence-corrected chi connectivity index (χ2v) is 6.90. The molecule has 1 fully saturated rings. The number of anilines is 1. The Balaban J connectivity index is 1.58. The van der Waals surface area contributed by atoms with Gasteiger partial charge in [-0.1, -0.05) is 11.6 Å². The molecule has 1 unspecified atom stereocenters. The van der Waals surface area contributed by atoms with E-state index in [1.54, 1.807) is 18.0 Å². The van der Waals surface area contributed by atoms with Gasteiger partial charge in [0.1, 0.15) is 5.82 Å². The van der Waals surface area contributed by atoms with Crippen molar-refractivity contribution in [3.63, 3.8) is 0 Å². The van der Waals surface area contributed by atoms with Gasteiger partial charge in [0.25, 0.3) is 11.7 Å². The summed E-state index contributed by atoms with van der Waals surface area (Å²) < 4.78 is 24.9. The molecule has 29 heavy (non-hydrogen) atoms. The molecule has 2 heterocycles. The molecule has 0 radical (unpaired) electrons. The van der Waals surface area contributed by atoms with Crippen molar-refractivity contribution in [3.05, 3.63) is 47.0 Å². The zero-order valence-corrected chi connectivity index (χ0v) is 16.4. The topological polar surface area (TPSA) is 106 Å². The van der Waals surface area contributed by atoms with E-state index >= 15 is 0 Å². The number of hydrogen-bond acceptors (Lipinski definition) is 6. The van der Waals surface area contributed by atoms with E-state index < -0.39 is 23.6 Å². The van der Waals surface area contributed by atoms with Crippen molar-refractivity contribution in [1.29, 1.82) is 0 Å². The lowest BCUT2D eigenvalue weighted by Crippen LogP contribution is -2.46. The molecule has 1 aliphatic heterocycles. The molecule has 0 aliphatic carbocycles. The molecule has 1 aromatic heterocycles. The van der Waals surface area contributed by atoms with E-state index in [2.05, 4.69) is 10.4 Å². The normalized spacial score (nSPS) is 18.9. The van der Waals surface area contributed by atoms with Gasteiger partial charge in [0.05, 0.1) is 25.0 Å². The Hall–Kier alpha value is -2.69. The van der Waals surface area contributed by atoms with Gasteiger partial charge in [-0.25, -0.2) is 9.18 Å². The maximum atomic E-state index is 13.3. The molecule has 1 atom stereocenters. The monoisotopic (exact) mass is 426 g/mol. The van der Waals surface area contributed by atoms with Crippen LogP contribution in [-0.4, -0.2) is 52.9 Å². The van der Waals surface area contributed by atoms with Crippen LogP contribution in [0.2, 0.25) is 5.02 Å². The standard InChI is InChI=1S/C18H20ClFN4O5/c1-28-5-4-23-11-15(10-22-23)24-3-2-18(27,16(24)25)29-17(26)21-9-12-6-13(19)8-14(20)7-12/h6-8,10-11,27H,2-5,9H2,1H3,(H,21,26). The smallest absolute Gasteiger partial charge is 0.407 e. The van der Waals surface area contributed by atoms with Gasteiger partial charge in [-0.2, -0.15) is 5.10 Å². The highest BCUT2D eigenvalue weighted by Gasteiger charge is 2.49. The van der Waals surface area contributed by atoms with Crippen LogP contribution in [0.15, 0.2) is 30.6 Å². The summed E-state index contributed by atoms with van der Waals surface area (Å²) in [4.78, 5) is 25.9. The van der Waals surface area contributed by atoms with Gasteiger partial charge in [0, 0.05) is 37.8 Å². The highest BCUT2D eigenvalue weighted by molar-refractivity contribution is 6.30. The van der Waals surface area contributed by atoms with Gasteiger partial charge in [0.15, 0.2) is 0 Å². The molecule has 2 aromatic rings. The Bertz CT molecular complexity index is 888. The number of benzene rings is 1. The van der Waals surface area contributed by atoms with Crippen molar-refractivity contribution >= 4 is 29.3 Å². The van der Waals surface area contributed by atoms with Gasteiger partial charge >= 0.3 is 6.09 Å². The molecule has 1 aromatic carbocycles. The second kappa shape index (κ2) is 8.76. The number of aromatic nitrogens is 2. The third-order valence-electron chi connectivity index (χ3n) is 4.33. The molecule has 1 aliphatic rings. The Morgan fingerprint density at radius 1 is 1.45 bits per heavy atom. The fourth-order valence-electron chi connectivity index (χ4n) is 2.90. The van der Waals surface area contributed by atoms with Crippen LogP contribution in [0.1, 0.15) is 12.0 Å². The van der Waals surface area contributed by atoms with Crippen LogP contribution >= 0.6 is 11.6 Å². The summed E-state index contributed by atoms with van der Waals surface area (Å²) in [7, 11) is 1.57. The summed E-state index contributed by atoms with van der Waals surface area (Å²) in [5.41, 5.74) is 0.877. The summed E-state index contributed by atoms with van der Waals surface area (Å²) in [6, 6.07) is 3.81. The quantitative estimate of drug-likeness (QED) is 0.652. The summed E-state index contributed by atoms with van der Waals surface area (Å²) in [6.45, 7) is 1.03. The molecule has 2 N–H and O–H groups in total. The van der Waals surface area contributed by atoms with Crippen LogP contribution in [0.3, 0.4) is 0 Å². The minimum atomic E-state index is -2.29. The number of hydrogen-bond donors (Lipinski definition) is 2. The summed E-state index contributed by atoms with van der Waals surface area (Å²) >= 11 is 5.76. The average molecular weight is 427 g/mol. The zero-order chi connectivity index (χ0) is 21.0. The van der Waals surface area contributed by atoms with E-state index in [0.717, 1.165) is 6.07 Å². The van der Waals surface area contributed by atoms with E-state index in [4.69, 9.17) is 21.1 Å². The number of carbonyl (C=O) groups is 2. The predicted molar refractivity (Wildman–Crippen MR) is 101 cm³/mol. The minimum Gasteiger partial charge on any atom is -0.407 e. The molecule has 156 valence electrons. The van der Waals surface area contributed by atoms with Gasteiger partial charge in [-0.05, 0) is 23.8 Å². The zero-order valence-electron chi connectivity index (χ0n) is 15.6. The van der Waals surface area contributed by atoms with E-state index in [-0.39, 0.29) is 24.5 Å². The lowest BCUT2D eigenvalue weighted by molar-refractivity contribution is -0.175. The average Bonchev–Trinajstić information content (AvgIpc) is 3.23. The van der Waals surface area contributed by atoms with Crippen LogP contribution < -0.4 is 10.2 Å². The number of ether oxygens (including phenoxy) is 2. The summed E-state index contributed by atoms with van der Waals surface area (Å²) in [5, 5.41) is 17.2. The summed E-state index contributed by atoms with van der Waals surface area (Å²) in [6.07, 6.45) is 2.00. The maximum absolute atomic E-state index is 13.3. The van der Waals surface area contributed by atoms with E-state index in [1.807, 2.05) is 0 Å². The van der Waals surface area contributed by atoms with Crippen LogP contribution in [0.4, 0.5) is 14.9 Å². The van der Waals surface area contributed by atoms with Crippen LogP contribution in [0.25, 0.3) is 0 Å². The molecule has 2 amide bonds. The van der Waals surface area contributed by atoms with Crippen molar-refractivity contribution in [2.45, 2.75) is 25.3 Å². The Morgan fingerprint density at radius 3 is 2.97 bits per heavy atom. The van der Waals surface area contributed by atoms with E-state index in [9.17, 15) is 19.1 Å². The Morgan fingerprint density at radius 2 is 2.24 bits per heavy atom. The second-order valence-electron chi connectivity index (χ2n) is 6.47. The van der Waals surface area contributed by atoms with Gasteiger partial charge in [-0.3, -0.25) is 9.48 Å². The highest BCUT2D eigenvalue weighted by atomic mass is 35.5. The lowest BCUT2D eigenvalue weighted by Gasteiger charge is -2.21. The number of nitrogens with one attached hydrogen (secondary N) is 1. The molecule has 0 spiro atoms. The maximum Gasteiger partial charge on any atom is 0.410 e. The first-order valence-corrected chi connectivity index (χ1v) is 9.16. The Kier molecular flexibility index (Phi) is 6.36. The van der Waals surface area contributed by atoms with Crippen molar-refractivity contribution < 1.29 is 28.6 Å². The van der Waals surface area contributed by atoms with Crippen LogP contribution in [0, 0.1) is 5.82 Å². The number of carbonyl (C=O) groups excluding carboxylic acids is 2. The largest absolute Gasteiger partial charge is 0.410 e. The minimum absolute atomic E-state index is 0.0867. The molecular weight excluding hydrogens is 407 g/mol. The van der Waals surface area contributed by atoms with Gasteiger partial charge in [-0.15, -0.1) is 0 Å². The first kappa shape index (κ1) is 21.0. The molecule has 1 saturated heterocycles. The predicted octanol–water partition coefficient (Wildman–Crippen LogP) is 1.67. The molecule has 0 saturated carbocycles. The molecule has 11 heteroatoms. The van der Waals surface area contributed by atoms with Crippen molar-refractivity contribution in [1.82, 2.24) is 15.1 Å². The van der Waals surface area contributed by atoms with Crippen molar-refractivity contribution in [2.24, 2.45) is 0 Å². The lowest BCUT2D eigenvalue weighted by atomic mass is 10.2. The number of amides is 2. The molecule has 0 bridgehead atoms. The number of alkyl carbamates (subject to hydrolysis) is 1. The third-order valence-corrected chi connectivity index (χ3v) is 4.55. The van der Waals surface area contributed by atoms with Gasteiger partial charge in [0.2, 0.25) is 0 Å². The van der Waals surface area contributed by atoms with Crippen molar-refractivity contribution in [2.75, 3.05) is 25.2 Å². The van der Waals surface area contributed by atoms with Gasteiger partial charge < -0.3 is 24.8 Å². The number of nitrogens with zero attached hydrogens (tertiary/aromatic N) is 3. The number of methoxy groups -OCH3 is 1. The first-order valence-electron chi connectivity index (χ1n) is 8.78. The van der Waals surface area contributed by atoms with Crippen molar-refractivity contribution in [3.8, 4) is 0 Å². The van der Waals surface area contributed by atoms with E-state index in [1.165, 1.54) is 23.2 Å². The molecule has 9 nitrogen and oxygen atoms in total. The van der Waals surface area contributed by atoms with Crippen LogP contribution in [-0.2, 0) is 27.4 Å². The highest BCUT2D eigenvalue weighted by Crippen LogP contribution is 2.29. The Labute approximate surface area is 170 Å². The first-order chi connectivity index (χ1) is 13.8.